The van der Waals surface area contributed by atoms with Gasteiger partial charge in [0, 0.05) is 0 Å². The zero-order valence-corrected chi connectivity index (χ0v) is 7.86. The van der Waals surface area contributed by atoms with Crippen LogP contribution in [0.15, 0.2) is 0 Å². The van der Waals surface area contributed by atoms with Crippen LogP contribution < -0.4 is 0 Å². The zero-order valence-electron chi connectivity index (χ0n) is 6.97. The fraction of sp³-hybridized carbons (Fsp3) is 1.00. The van der Waals surface area contributed by atoms with E-state index in [1.807, 2.05) is 0 Å². The number of hydrogen-bond acceptors (Lipinski definition) is 1. The molecule has 1 aliphatic heterocycles. The summed E-state index contributed by atoms with van der Waals surface area (Å²) in [6.07, 6.45) is 4.06. The Labute approximate surface area is 64.9 Å². The predicted molar refractivity (Wildman–Crippen MR) is 47.2 cm³/mol. The third-order valence-corrected chi connectivity index (χ3v) is 5.39. The molecule has 2 heteroatoms. The molecule has 1 nitrogen and oxygen atoms in total. The van der Waals surface area contributed by atoms with Crippen LogP contribution in [0, 0.1) is 0 Å². The molecule has 60 valence electrons. The van der Waals surface area contributed by atoms with E-state index in [9.17, 15) is 0 Å². The van der Waals surface area contributed by atoms with Crippen LogP contribution in [0.1, 0.15) is 20.3 Å². The number of ether oxygens (including phenoxy) is 1. The maximum Gasteiger partial charge on any atom is 0.0505 e. The van der Waals surface area contributed by atoms with Crippen molar-refractivity contribution in [2.24, 2.45) is 0 Å². The molecule has 0 radical (unpaired) electrons. The van der Waals surface area contributed by atoms with Crippen LogP contribution >= 0.6 is 7.92 Å². The second-order valence-corrected chi connectivity index (χ2v) is 5.86. The zero-order chi connectivity index (χ0) is 7.40. The molecule has 1 heterocycles. The van der Waals surface area contributed by atoms with Crippen molar-refractivity contribution < 1.29 is 4.74 Å². The molecule has 0 N–H and O–H groups in total. The van der Waals surface area contributed by atoms with Crippen LogP contribution in [-0.4, -0.2) is 31.2 Å². The minimum Gasteiger partial charge on any atom is -0.381 e. The highest BCUT2D eigenvalue weighted by Gasteiger charge is 2.17. The second kappa shape index (κ2) is 4.31. The van der Waals surface area contributed by atoms with Crippen molar-refractivity contribution in [2.45, 2.75) is 25.9 Å². The van der Waals surface area contributed by atoms with Gasteiger partial charge >= 0.3 is 0 Å². The van der Waals surface area contributed by atoms with Crippen molar-refractivity contribution in [3.63, 3.8) is 0 Å². The fourth-order valence-electron chi connectivity index (χ4n) is 1.28. The molecule has 0 aromatic rings. The van der Waals surface area contributed by atoms with Gasteiger partial charge in [0.15, 0.2) is 0 Å². The highest BCUT2D eigenvalue weighted by molar-refractivity contribution is 7.58. The first kappa shape index (κ1) is 8.49. The average molecular weight is 160 g/mol. The average Bonchev–Trinajstić information content (AvgIpc) is 2.05. The van der Waals surface area contributed by atoms with E-state index < -0.39 is 0 Å². The van der Waals surface area contributed by atoms with Gasteiger partial charge in [-0.15, -0.1) is 0 Å². The molecule has 1 unspecified atom stereocenters. The maximum absolute atomic E-state index is 5.31. The molecule has 0 bridgehead atoms. The maximum atomic E-state index is 5.31. The van der Waals surface area contributed by atoms with Crippen LogP contribution in [0.25, 0.3) is 0 Å². The SMILES string of the molecule is CCC(C)P1CCOCC1. The minimum atomic E-state index is 0.342. The van der Waals surface area contributed by atoms with Crippen molar-refractivity contribution in [3.05, 3.63) is 0 Å². The number of hydrogen-bond donors (Lipinski definition) is 0. The molecule has 1 rings (SSSR count). The standard InChI is InChI=1S/C8H17OP/c1-3-8(2)10-6-4-9-5-7-10/h8H,3-7H2,1-2H3. The van der Waals surface area contributed by atoms with Crippen molar-refractivity contribution in [3.8, 4) is 0 Å². The lowest BCUT2D eigenvalue weighted by atomic mass is 10.4. The van der Waals surface area contributed by atoms with Gasteiger partial charge in [-0.05, 0) is 24.4 Å². The second-order valence-electron chi connectivity index (χ2n) is 2.91. The Morgan fingerprint density at radius 3 is 2.50 bits per heavy atom. The van der Waals surface area contributed by atoms with E-state index in [0.29, 0.717) is 7.92 Å². The summed E-state index contributed by atoms with van der Waals surface area (Å²) in [5.41, 5.74) is 0.971. The summed E-state index contributed by atoms with van der Waals surface area (Å²) in [7, 11) is 0.342. The Balaban J connectivity index is 2.24. The van der Waals surface area contributed by atoms with E-state index in [1.165, 1.54) is 18.7 Å². The molecule has 0 aliphatic carbocycles. The summed E-state index contributed by atoms with van der Waals surface area (Å²) in [6.45, 7) is 6.73. The lowest BCUT2D eigenvalue weighted by Gasteiger charge is -2.27. The van der Waals surface area contributed by atoms with E-state index in [2.05, 4.69) is 13.8 Å². The molecule has 0 saturated carbocycles. The van der Waals surface area contributed by atoms with Gasteiger partial charge in [0.2, 0.25) is 0 Å². The molecule has 1 saturated heterocycles. The van der Waals surface area contributed by atoms with Crippen molar-refractivity contribution >= 4 is 7.92 Å². The normalized spacial score (nSPS) is 24.6. The van der Waals surface area contributed by atoms with Gasteiger partial charge in [-0.25, -0.2) is 0 Å². The predicted octanol–water partition coefficient (Wildman–Crippen LogP) is 2.30. The van der Waals surface area contributed by atoms with E-state index in [-0.39, 0.29) is 0 Å². The summed E-state index contributed by atoms with van der Waals surface area (Å²) < 4.78 is 5.31. The van der Waals surface area contributed by atoms with Gasteiger partial charge in [0.05, 0.1) is 13.2 Å². The quantitative estimate of drug-likeness (QED) is 0.563. The Morgan fingerprint density at radius 2 is 2.00 bits per heavy atom. The van der Waals surface area contributed by atoms with E-state index >= 15 is 0 Å². The third-order valence-electron chi connectivity index (χ3n) is 2.26. The molecule has 0 aromatic carbocycles. The molecule has 0 amide bonds. The lowest BCUT2D eigenvalue weighted by Crippen LogP contribution is -2.17. The van der Waals surface area contributed by atoms with Gasteiger partial charge in [0.25, 0.3) is 0 Å². The Morgan fingerprint density at radius 1 is 1.40 bits per heavy atom. The fourth-order valence-corrected chi connectivity index (χ4v) is 3.63. The summed E-state index contributed by atoms with van der Waals surface area (Å²) in [5.74, 6) is 0. The molecular formula is C8H17OP. The Bertz CT molecular complexity index is 89.3. The Kier molecular flexibility index (Phi) is 3.65. The molecule has 1 fully saturated rings. The summed E-state index contributed by atoms with van der Waals surface area (Å²) in [5, 5.41) is 0. The minimum absolute atomic E-state index is 0.342. The van der Waals surface area contributed by atoms with Crippen LogP contribution in [0.2, 0.25) is 0 Å². The summed E-state index contributed by atoms with van der Waals surface area (Å²) in [6, 6.07) is 0. The summed E-state index contributed by atoms with van der Waals surface area (Å²) in [4.78, 5) is 0. The van der Waals surface area contributed by atoms with Crippen LogP contribution in [0.4, 0.5) is 0 Å². The largest absolute Gasteiger partial charge is 0.381 e. The van der Waals surface area contributed by atoms with Gasteiger partial charge in [-0.3, -0.25) is 0 Å². The first-order chi connectivity index (χ1) is 4.84. The van der Waals surface area contributed by atoms with E-state index in [0.717, 1.165) is 18.9 Å². The van der Waals surface area contributed by atoms with E-state index in [4.69, 9.17) is 4.74 Å². The first-order valence-corrected chi connectivity index (χ1v) is 5.94. The van der Waals surface area contributed by atoms with Crippen LogP contribution in [0.3, 0.4) is 0 Å². The molecule has 10 heavy (non-hydrogen) atoms. The molecule has 1 atom stereocenters. The van der Waals surface area contributed by atoms with Crippen molar-refractivity contribution in [2.75, 3.05) is 25.5 Å². The van der Waals surface area contributed by atoms with Crippen LogP contribution in [0.5, 0.6) is 0 Å². The van der Waals surface area contributed by atoms with Crippen molar-refractivity contribution in [1.29, 1.82) is 0 Å². The monoisotopic (exact) mass is 160 g/mol. The molecule has 1 aliphatic rings. The van der Waals surface area contributed by atoms with E-state index in [1.54, 1.807) is 0 Å². The van der Waals surface area contributed by atoms with Gasteiger partial charge in [0.1, 0.15) is 0 Å². The number of rotatable bonds is 2. The first-order valence-electron chi connectivity index (χ1n) is 4.16. The Hall–Kier alpha value is 0.390. The topological polar surface area (TPSA) is 9.23 Å². The van der Waals surface area contributed by atoms with Gasteiger partial charge in [-0.2, -0.15) is 0 Å². The highest BCUT2D eigenvalue weighted by Crippen LogP contribution is 2.43. The summed E-state index contributed by atoms with van der Waals surface area (Å²) >= 11 is 0. The van der Waals surface area contributed by atoms with Crippen molar-refractivity contribution in [1.82, 2.24) is 0 Å². The highest BCUT2D eigenvalue weighted by atomic mass is 31.1. The van der Waals surface area contributed by atoms with Gasteiger partial charge < -0.3 is 4.74 Å². The van der Waals surface area contributed by atoms with Crippen LogP contribution in [-0.2, 0) is 4.74 Å². The molecule has 0 spiro atoms. The molecular weight excluding hydrogens is 143 g/mol. The molecule has 0 aromatic heterocycles. The third kappa shape index (κ3) is 2.21. The van der Waals surface area contributed by atoms with Gasteiger partial charge in [-0.1, -0.05) is 21.8 Å². The lowest BCUT2D eigenvalue weighted by molar-refractivity contribution is 0.158. The smallest absolute Gasteiger partial charge is 0.0505 e.